The maximum Gasteiger partial charge on any atom is 0.255 e. The van der Waals surface area contributed by atoms with Gasteiger partial charge in [-0.1, -0.05) is 0 Å². The molecule has 38 heavy (non-hydrogen) atoms. The first-order chi connectivity index (χ1) is 17.8. The van der Waals surface area contributed by atoms with E-state index in [1.807, 2.05) is 0 Å². The molecule has 12 heteroatoms. The molecule has 7 N–H and O–H groups in total. The van der Waals surface area contributed by atoms with E-state index in [4.69, 9.17) is 10.8 Å². The van der Waals surface area contributed by atoms with Crippen LogP contribution in [0.25, 0.3) is 5.76 Å². The normalized spacial score (nSPS) is 26.8. The molecule has 0 saturated heterocycles. The van der Waals surface area contributed by atoms with Gasteiger partial charge >= 0.3 is 0 Å². The maximum absolute atomic E-state index is 15.0. The van der Waals surface area contributed by atoms with Crippen LogP contribution in [-0.2, 0) is 20.8 Å². The summed E-state index contributed by atoms with van der Waals surface area (Å²) >= 11 is 0. The Morgan fingerprint density at radius 2 is 1.84 bits per heavy atom. The number of aliphatic hydroxyl groups is 4. The standard InChI is InChI=1S/C26H29FN2O9/c1-29(2)19-12-8-10-7-11-9-13(27)17(14(31)5-3-4-6-30)21(33)15(11)20(32)16(10)23(35)26(12,38)24(36)18(22(19)34)25(28)37/h9-10,12,19,30,32-33,36,38H,3-8H2,1-2H3,(H2,28,37)/t10-,12-,19-,26-/m0/s1. The minimum absolute atomic E-state index is 0.0853. The summed E-state index contributed by atoms with van der Waals surface area (Å²) in [4.78, 5) is 52.8. The molecule has 0 bridgehead atoms. The van der Waals surface area contributed by atoms with Gasteiger partial charge in [0, 0.05) is 24.5 Å². The van der Waals surface area contributed by atoms with Crippen LogP contribution >= 0.6 is 0 Å². The van der Waals surface area contributed by atoms with Crippen LogP contribution in [-0.4, -0.2) is 86.0 Å². The molecule has 0 spiro atoms. The number of likely N-dealkylation sites (N-methyl/N-ethyl adjacent to an activating group) is 1. The molecule has 0 unspecified atom stereocenters. The van der Waals surface area contributed by atoms with E-state index >= 15 is 0 Å². The van der Waals surface area contributed by atoms with E-state index in [1.165, 1.54) is 19.0 Å². The number of phenols is 1. The average molecular weight is 533 g/mol. The zero-order valence-electron chi connectivity index (χ0n) is 20.8. The van der Waals surface area contributed by atoms with Gasteiger partial charge in [-0.15, -0.1) is 0 Å². The Hall–Kier alpha value is -3.61. The quantitative estimate of drug-likeness (QED) is 0.163. The molecule has 1 amide bonds. The SMILES string of the molecule is CN(C)[C@@H]1C(=O)C(C(N)=O)=C(O)[C@@]2(O)C(=O)C3=C(O)c4c(cc(F)c(C(=O)CCCCO)c4O)C[C@H]3C[C@@H]12. The zero-order valence-corrected chi connectivity index (χ0v) is 20.8. The lowest BCUT2D eigenvalue weighted by Crippen LogP contribution is -2.65. The second-order valence-corrected chi connectivity index (χ2v) is 10.2. The molecule has 0 radical (unpaired) electrons. The number of benzene rings is 1. The van der Waals surface area contributed by atoms with Crippen molar-refractivity contribution in [2.45, 2.75) is 43.7 Å². The number of aliphatic hydroxyl groups excluding tert-OH is 3. The second-order valence-electron chi connectivity index (χ2n) is 10.2. The van der Waals surface area contributed by atoms with Crippen molar-refractivity contribution >= 4 is 29.0 Å². The summed E-state index contributed by atoms with van der Waals surface area (Å²) in [5.41, 5.74) is 0.260. The highest BCUT2D eigenvalue weighted by molar-refractivity contribution is 6.24. The maximum atomic E-state index is 15.0. The lowest BCUT2D eigenvalue weighted by molar-refractivity contribution is -0.153. The summed E-state index contributed by atoms with van der Waals surface area (Å²) in [6.45, 7) is -0.175. The van der Waals surface area contributed by atoms with E-state index in [2.05, 4.69) is 0 Å². The summed E-state index contributed by atoms with van der Waals surface area (Å²) < 4.78 is 15.0. The van der Waals surface area contributed by atoms with E-state index in [1.54, 1.807) is 0 Å². The van der Waals surface area contributed by atoms with Crippen molar-refractivity contribution in [1.29, 1.82) is 0 Å². The number of ketones is 3. The number of aromatic hydroxyl groups is 1. The van der Waals surface area contributed by atoms with Gasteiger partial charge in [-0.05, 0) is 57.3 Å². The number of fused-ring (bicyclic) bond motifs is 3. The van der Waals surface area contributed by atoms with Crippen molar-refractivity contribution in [1.82, 2.24) is 4.90 Å². The number of carbonyl (C=O) groups is 4. The van der Waals surface area contributed by atoms with Crippen LogP contribution in [0.2, 0.25) is 0 Å². The van der Waals surface area contributed by atoms with Crippen molar-refractivity contribution in [2.75, 3.05) is 20.7 Å². The highest BCUT2D eigenvalue weighted by Crippen LogP contribution is 2.53. The van der Waals surface area contributed by atoms with Gasteiger partial charge in [0.05, 0.1) is 17.2 Å². The summed E-state index contributed by atoms with van der Waals surface area (Å²) in [6, 6.07) is -0.235. The van der Waals surface area contributed by atoms with E-state index in [9.17, 15) is 44.0 Å². The van der Waals surface area contributed by atoms with Crippen LogP contribution in [0.3, 0.4) is 0 Å². The number of amides is 1. The number of unbranched alkanes of at least 4 members (excludes halogenated alkanes) is 1. The van der Waals surface area contributed by atoms with Gasteiger partial charge < -0.3 is 31.3 Å². The first-order valence-corrected chi connectivity index (χ1v) is 12.1. The van der Waals surface area contributed by atoms with Crippen LogP contribution in [0, 0.1) is 17.7 Å². The molecular formula is C26H29FN2O9. The highest BCUT2D eigenvalue weighted by Gasteiger charge is 2.64. The van der Waals surface area contributed by atoms with E-state index < -0.39 is 81.0 Å². The van der Waals surface area contributed by atoms with Gasteiger partial charge in [0.15, 0.2) is 17.2 Å². The zero-order chi connectivity index (χ0) is 28.3. The van der Waals surface area contributed by atoms with Gasteiger partial charge in [-0.2, -0.15) is 0 Å². The number of hydrogen-bond acceptors (Lipinski definition) is 10. The van der Waals surface area contributed by atoms with Crippen LogP contribution in [0.15, 0.2) is 23.0 Å². The second kappa shape index (κ2) is 9.61. The average Bonchev–Trinajstić information content (AvgIpc) is 2.80. The number of hydrogen-bond donors (Lipinski definition) is 6. The number of rotatable bonds is 7. The number of halogens is 1. The highest BCUT2D eigenvalue weighted by atomic mass is 19.1. The number of phenolic OH excluding ortho intramolecular Hbond substituents is 1. The van der Waals surface area contributed by atoms with Crippen LogP contribution in [0.5, 0.6) is 5.75 Å². The first-order valence-electron chi connectivity index (χ1n) is 12.1. The van der Waals surface area contributed by atoms with Gasteiger partial charge in [-0.3, -0.25) is 24.1 Å². The Balaban J connectivity index is 1.89. The molecule has 1 aromatic carbocycles. The molecule has 11 nitrogen and oxygen atoms in total. The molecule has 1 saturated carbocycles. The monoisotopic (exact) mass is 532 g/mol. The number of nitrogens with two attached hydrogens (primary N) is 1. The largest absolute Gasteiger partial charge is 0.508 e. The fourth-order valence-electron chi connectivity index (χ4n) is 6.05. The molecule has 1 aromatic rings. The Morgan fingerprint density at radius 1 is 1.18 bits per heavy atom. The van der Waals surface area contributed by atoms with Crippen molar-refractivity contribution in [3.05, 3.63) is 45.5 Å². The summed E-state index contributed by atoms with van der Waals surface area (Å²) in [6.07, 6.45) is 0.116. The molecule has 4 atom stereocenters. The third kappa shape index (κ3) is 3.82. The molecule has 0 heterocycles. The number of nitrogens with zero attached hydrogens (tertiary/aromatic N) is 1. The summed E-state index contributed by atoms with van der Waals surface area (Å²) in [7, 11) is 2.97. The van der Waals surface area contributed by atoms with Gasteiger partial charge in [0.2, 0.25) is 5.78 Å². The lowest BCUT2D eigenvalue weighted by atomic mass is 9.57. The molecule has 3 aliphatic carbocycles. The number of Topliss-reactive ketones (excluding diaryl/α,β-unsaturated/α-hetero) is 3. The van der Waals surface area contributed by atoms with Crippen molar-refractivity contribution in [3.63, 3.8) is 0 Å². The Morgan fingerprint density at radius 3 is 2.42 bits per heavy atom. The molecule has 0 aliphatic heterocycles. The Labute approximate surface area is 216 Å². The third-order valence-corrected chi connectivity index (χ3v) is 7.75. The first kappa shape index (κ1) is 27.4. The van der Waals surface area contributed by atoms with Crippen LogP contribution in [0.4, 0.5) is 4.39 Å². The van der Waals surface area contributed by atoms with E-state index in [0.29, 0.717) is 0 Å². The predicted molar refractivity (Wildman–Crippen MR) is 129 cm³/mol. The Kier molecular flexibility index (Phi) is 6.93. The lowest BCUT2D eigenvalue weighted by Gasteiger charge is -2.50. The van der Waals surface area contributed by atoms with Gasteiger partial charge in [-0.25, -0.2) is 4.39 Å². The minimum Gasteiger partial charge on any atom is -0.508 e. The van der Waals surface area contributed by atoms with Crippen LogP contribution in [0.1, 0.15) is 47.2 Å². The summed E-state index contributed by atoms with van der Waals surface area (Å²) in [5, 5.41) is 53.3. The molecule has 0 aromatic heterocycles. The third-order valence-electron chi connectivity index (χ3n) is 7.75. The van der Waals surface area contributed by atoms with Gasteiger partial charge in [0.1, 0.15) is 28.7 Å². The summed E-state index contributed by atoms with van der Waals surface area (Å²) in [5.74, 6) is -10.2. The topological polar surface area (TPSA) is 199 Å². The fraction of sp³-hybridized carbons (Fsp3) is 0.462. The minimum atomic E-state index is -2.79. The molecule has 204 valence electrons. The van der Waals surface area contributed by atoms with E-state index in [-0.39, 0.29) is 55.4 Å². The predicted octanol–water partition coefficient (Wildman–Crippen LogP) is 0.448. The van der Waals surface area contributed by atoms with Crippen molar-refractivity contribution in [3.8, 4) is 5.75 Å². The number of primary amides is 1. The van der Waals surface area contributed by atoms with Crippen LogP contribution < -0.4 is 5.73 Å². The fourth-order valence-corrected chi connectivity index (χ4v) is 6.05. The van der Waals surface area contributed by atoms with Crippen molar-refractivity contribution < 1.29 is 49.1 Å². The molecule has 3 aliphatic rings. The molecular weight excluding hydrogens is 503 g/mol. The molecule has 1 fully saturated rings. The van der Waals surface area contributed by atoms with E-state index in [0.717, 1.165) is 6.07 Å². The smallest absolute Gasteiger partial charge is 0.255 e. The number of carbonyl (C=O) groups excluding carboxylic acids is 4. The van der Waals surface area contributed by atoms with Gasteiger partial charge in [0.25, 0.3) is 5.91 Å². The Bertz CT molecular complexity index is 1330. The molecule has 4 rings (SSSR count). The van der Waals surface area contributed by atoms with Crippen molar-refractivity contribution in [2.24, 2.45) is 17.6 Å².